The second-order valence-corrected chi connectivity index (χ2v) is 11.5. The molecule has 3 heterocycles. The predicted octanol–water partition coefficient (Wildman–Crippen LogP) is 5.49. The zero-order chi connectivity index (χ0) is 32.2. The van der Waals surface area contributed by atoms with Crippen LogP contribution in [0.1, 0.15) is 38.8 Å². The van der Waals surface area contributed by atoms with Crippen LogP contribution in [-0.4, -0.2) is 49.7 Å². The molecule has 9 heteroatoms. The van der Waals surface area contributed by atoms with Gasteiger partial charge in [0.15, 0.2) is 23.1 Å². The summed E-state index contributed by atoms with van der Waals surface area (Å²) >= 11 is 0. The lowest BCUT2D eigenvalue weighted by Crippen LogP contribution is -2.51. The largest absolute Gasteiger partial charge is 0.493 e. The highest BCUT2D eigenvalue weighted by Crippen LogP contribution is 2.58. The van der Waals surface area contributed by atoms with E-state index in [1.54, 1.807) is 42.5 Å². The van der Waals surface area contributed by atoms with Gasteiger partial charge in [0.1, 0.15) is 17.2 Å². The summed E-state index contributed by atoms with van der Waals surface area (Å²) in [5.74, 6) is -1.65. The monoisotopic (exact) mass is 614 g/mol. The van der Waals surface area contributed by atoms with Crippen molar-refractivity contribution in [2.24, 2.45) is 5.92 Å². The molecule has 9 nitrogen and oxygen atoms in total. The number of benzene rings is 4. The van der Waals surface area contributed by atoms with E-state index >= 15 is 4.79 Å². The minimum Gasteiger partial charge on any atom is -0.493 e. The van der Waals surface area contributed by atoms with Crippen LogP contribution in [0, 0.1) is 5.92 Å². The first-order chi connectivity index (χ1) is 22.3. The normalized spacial score (nSPS) is 22.0. The van der Waals surface area contributed by atoms with Crippen LogP contribution < -0.4 is 24.4 Å². The van der Waals surface area contributed by atoms with Crippen molar-refractivity contribution in [2.45, 2.75) is 24.4 Å². The van der Waals surface area contributed by atoms with Gasteiger partial charge >= 0.3 is 5.97 Å². The van der Waals surface area contributed by atoms with Crippen molar-refractivity contribution >= 4 is 40.9 Å². The molecule has 0 aromatic heterocycles. The summed E-state index contributed by atoms with van der Waals surface area (Å²) in [5.41, 5.74) is 1.98. The second kappa shape index (κ2) is 11.0. The molecule has 3 aliphatic rings. The number of carbonyl (C=O) groups is 4. The van der Waals surface area contributed by atoms with Crippen molar-refractivity contribution in [1.29, 1.82) is 0 Å². The Morgan fingerprint density at radius 3 is 2.24 bits per heavy atom. The van der Waals surface area contributed by atoms with E-state index in [0.29, 0.717) is 28.3 Å². The number of ether oxygens (including phenoxy) is 3. The van der Waals surface area contributed by atoms with Gasteiger partial charge in [-0.15, -0.1) is 0 Å². The molecule has 0 unspecified atom stereocenters. The number of anilines is 2. The Morgan fingerprint density at radius 2 is 1.50 bits per heavy atom. The fourth-order valence-electron chi connectivity index (χ4n) is 7.31. The lowest BCUT2D eigenvalue weighted by molar-refractivity contribution is -0.131. The van der Waals surface area contributed by atoms with Crippen molar-refractivity contribution in [3.63, 3.8) is 0 Å². The maximum Gasteiger partial charge on any atom is 0.308 e. The number of esters is 1. The average Bonchev–Trinajstić information content (AvgIpc) is 3.55. The lowest BCUT2D eigenvalue weighted by Gasteiger charge is -2.37. The lowest BCUT2D eigenvalue weighted by atomic mass is 9.64. The first kappa shape index (κ1) is 29.0. The third-order valence-electron chi connectivity index (χ3n) is 9.16. The molecule has 1 amide bonds. The van der Waals surface area contributed by atoms with Crippen LogP contribution in [0.3, 0.4) is 0 Å². The fourth-order valence-corrected chi connectivity index (χ4v) is 7.31. The van der Waals surface area contributed by atoms with Gasteiger partial charge in [0.05, 0.1) is 26.2 Å². The summed E-state index contributed by atoms with van der Waals surface area (Å²) in [5, 5.41) is 3.03. The maximum atomic E-state index is 15.1. The fraction of sp³-hybridized carbons (Fsp3) is 0.189. The van der Waals surface area contributed by atoms with Crippen molar-refractivity contribution < 1.29 is 33.4 Å². The molecule has 4 aromatic rings. The summed E-state index contributed by atoms with van der Waals surface area (Å²) in [4.78, 5) is 57.9. The van der Waals surface area contributed by atoms with Gasteiger partial charge < -0.3 is 24.4 Å². The van der Waals surface area contributed by atoms with Crippen LogP contribution in [0.15, 0.2) is 97.1 Å². The number of methoxy groups -OCH3 is 2. The maximum absolute atomic E-state index is 15.1. The summed E-state index contributed by atoms with van der Waals surface area (Å²) in [6.45, 7) is 1.30. The van der Waals surface area contributed by atoms with Gasteiger partial charge in [-0.1, -0.05) is 48.6 Å². The highest BCUT2D eigenvalue weighted by molar-refractivity contribution is 6.18. The zero-order valence-corrected chi connectivity index (χ0v) is 25.4. The number of nitrogens with one attached hydrogen (secondary N) is 1. The van der Waals surface area contributed by atoms with E-state index in [4.69, 9.17) is 14.2 Å². The third kappa shape index (κ3) is 4.23. The Morgan fingerprint density at radius 1 is 0.804 bits per heavy atom. The van der Waals surface area contributed by atoms with E-state index < -0.39 is 29.4 Å². The summed E-state index contributed by atoms with van der Waals surface area (Å²) in [7, 11) is 2.99. The number of hydrogen-bond donors (Lipinski definition) is 1. The standard InChI is InChI=1S/C37H30N2O7/c1-21(40)46-25-16-12-23(13-17-25)35(42)33-32(34(41)24-14-18-29(44-2)30(20-24)45-3)37(26-9-5-6-10-27(26)38-36(37)43)31-19-15-22-8-4-7-11-28(22)39(31)33/h4-20,31-33H,1-3H3,(H,38,43)/t31-,32+,33-,37-/m1/s1. The minimum atomic E-state index is -1.46. The number of carbonyl (C=O) groups excluding carboxylic acids is 4. The van der Waals surface area contributed by atoms with Crippen molar-refractivity contribution in [3.8, 4) is 17.2 Å². The third-order valence-corrected chi connectivity index (χ3v) is 9.16. The molecular formula is C37H30N2O7. The van der Waals surface area contributed by atoms with E-state index in [1.165, 1.54) is 21.1 Å². The second-order valence-electron chi connectivity index (χ2n) is 11.5. The van der Waals surface area contributed by atoms with Gasteiger partial charge in [-0.05, 0) is 65.7 Å². The van der Waals surface area contributed by atoms with Crippen LogP contribution in [0.2, 0.25) is 0 Å². The predicted molar refractivity (Wildman–Crippen MR) is 172 cm³/mol. The van der Waals surface area contributed by atoms with Gasteiger partial charge in [0.25, 0.3) is 0 Å². The van der Waals surface area contributed by atoms with Crippen LogP contribution in [0.4, 0.5) is 11.4 Å². The molecular weight excluding hydrogens is 584 g/mol. The SMILES string of the molecule is COc1ccc(C(=O)[C@@H]2[C@H](C(=O)c3ccc(OC(C)=O)cc3)N3c4ccccc4C=C[C@@H]3[C@@]23C(=O)Nc2ccccc23)cc1OC. The van der Waals surface area contributed by atoms with Crippen LogP contribution in [-0.2, 0) is 15.0 Å². The van der Waals surface area contributed by atoms with Gasteiger partial charge in [-0.3, -0.25) is 19.2 Å². The molecule has 230 valence electrons. The molecule has 7 rings (SSSR count). The molecule has 1 N–H and O–H groups in total. The highest BCUT2D eigenvalue weighted by Gasteiger charge is 2.70. The van der Waals surface area contributed by atoms with E-state index in [2.05, 4.69) is 5.32 Å². The Hall–Kier alpha value is -5.70. The van der Waals surface area contributed by atoms with Gasteiger partial charge in [-0.2, -0.15) is 0 Å². The van der Waals surface area contributed by atoms with E-state index in [0.717, 1.165) is 11.3 Å². The van der Waals surface area contributed by atoms with Gasteiger partial charge in [-0.25, -0.2) is 0 Å². The Labute approximate surface area is 265 Å². The number of fused-ring (bicyclic) bond motifs is 6. The smallest absolute Gasteiger partial charge is 0.308 e. The first-order valence-electron chi connectivity index (χ1n) is 14.8. The van der Waals surface area contributed by atoms with Crippen LogP contribution in [0.25, 0.3) is 6.08 Å². The van der Waals surface area contributed by atoms with E-state index in [1.807, 2.05) is 65.6 Å². The number of ketones is 2. The molecule has 1 fully saturated rings. The number of amides is 1. The molecule has 0 bridgehead atoms. The van der Waals surface area contributed by atoms with Crippen LogP contribution >= 0.6 is 0 Å². The molecule has 0 saturated carbocycles. The number of para-hydroxylation sites is 2. The van der Waals surface area contributed by atoms with Gasteiger partial charge in [0.2, 0.25) is 5.91 Å². The highest BCUT2D eigenvalue weighted by atomic mass is 16.5. The number of rotatable bonds is 7. The summed E-state index contributed by atoms with van der Waals surface area (Å²) < 4.78 is 16.1. The quantitative estimate of drug-likeness (QED) is 0.165. The Kier molecular flexibility index (Phi) is 6.96. The molecule has 4 atom stereocenters. The zero-order valence-electron chi connectivity index (χ0n) is 25.4. The van der Waals surface area contributed by atoms with E-state index in [-0.39, 0.29) is 28.8 Å². The summed E-state index contributed by atoms with van der Waals surface area (Å²) in [6.07, 6.45) is 3.88. The van der Waals surface area contributed by atoms with Crippen molar-refractivity contribution in [2.75, 3.05) is 24.4 Å². The minimum absolute atomic E-state index is 0.277. The molecule has 1 spiro atoms. The Bertz CT molecular complexity index is 1950. The Balaban J connectivity index is 1.48. The molecule has 4 aromatic carbocycles. The molecule has 0 aliphatic carbocycles. The molecule has 3 aliphatic heterocycles. The topological polar surface area (TPSA) is 111 Å². The van der Waals surface area contributed by atoms with Crippen molar-refractivity contribution in [3.05, 3.63) is 119 Å². The molecule has 46 heavy (non-hydrogen) atoms. The average molecular weight is 615 g/mol. The van der Waals surface area contributed by atoms with E-state index in [9.17, 15) is 14.4 Å². The van der Waals surface area contributed by atoms with Crippen LogP contribution in [0.5, 0.6) is 17.2 Å². The molecule has 0 radical (unpaired) electrons. The van der Waals surface area contributed by atoms with Crippen molar-refractivity contribution in [1.82, 2.24) is 0 Å². The number of hydrogen-bond acceptors (Lipinski definition) is 8. The first-order valence-corrected chi connectivity index (χ1v) is 14.8. The summed E-state index contributed by atoms with van der Waals surface area (Å²) in [6, 6.07) is 24.3. The molecule has 1 saturated heterocycles. The number of nitrogens with zero attached hydrogens (tertiary/aromatic N) is 1. The van der Waals surface area contributed by atoms with Gasteiger partial charge in [0, 0.05) is 29.4 Å². The number of Topliss-reactive ketones (excluding diaryl/α,β-unsaturated/α-hetero) is 2.